The molecule has 10 nitrogen and oxygen atoms in total. The van der Waals surface area contributed by atoms with Crippen LogP contribution in [0.3, 0.4) is 0 Å². The van der Waals surface area contributed by atoms with Crippen molar-refractivity contribution in [2.45, 2.75) is 162 Å². The van der Waals surface area contributed by atoms with Crippen molar-refractivity contribution in [1.29, 1.82) is 0 Å². The highest BCUT2D eigenvalue weighted by atomic mass is 32.2. The molecule has 0 aliphatic carbocycles. The van der Waals surface area contributed by atoms with Crippen LogP contribution in [0, 0.1) is 0 Å². The number of thioether (sulfide) groups is 2. The third kappa shape index (κ3) is 22.4. The van der Waals surface area contributed by atoms with Crippen molar-refractivity contribution in [2.75, 3.05) is 26.4 Å². The molecule has 0 aromatic carbocycles. The van der Waals surface area contributed by atoms with Crippen molar-refractivity contribution in [3.63, 3.8) is 0 Å². The van der Waals surface area contributed by atoms with Crippen molar-refractivity contribution in [2.24, 2.45) is 0 Å². The van der Waals surface area contributed by atoms with Gasteiger partial charge in [-0.15, -0.1) is 10.2 Å². The number of unbranched alkanes of at least 4 members (excludes halogenated alkanes) is 12. The summed E-state index contributed by atoms with van der Waals surface area (Å²) in [6.07, 6.45) is 15.3. The van der Waals surface area contributed by atoms with E-state index in [1.54, 1.807) is 0 Å². The van der Waals surface area contributed by atoms with Crippen molar-refractivity contribution in [3.8, 4) is 0 Å². The molecule has 1 aromatic rings. The Morgan fingerprint density at radius 2 is 0.830 bits per heavy atom. The first-order chi connectivity index (χ1) is 22.8. The molecule has 13 heteroatoms. The highest BCUT2D eigenvalue weighted by molar-refractivity contribution is 8.04. The van der Waals surface area contributed by atoms with Crippen LogP contribution in [0.2, 0.25) is 0 Å². The monoisotopic (exact) mass is 718 g/mol. The standard InChI is InChI=1S/C34H58N2O8S3/c1-5-9-13-17-21-41-29(37)25-27(31(39)43-23-19-15-11-7-3)45-33-35-36-34(47-33)46-28(32(40)44-24-20-16-12-8-4)26-30(38)42-22-18-14-10-6-2/h27-28H,5-26H2,1-4H3. The lowest BCUT2D eigenvalue weighted by molar-refractivity contribution is -0.149. The lowest BCUT2D eigenvalue weighted by atomic mass is 10.2. The Hall–Kier alpha value is -1.86. The average Bonchev–Trinajstić information content (AvgIpc) is 3.50. The molecule has 0 saturated heterocycles. The van der Waals surface area contributed by atoms with E-state index < -0.39 is 34.4 Å². The minimum absolute atomic E-state index is 0.147. The Morgan fingerprint density at radius 1 is 0.511 bits per heavy atom. The lowest BCUT2D eigenvalue weighted by Gasteiger charge is -2.14. The Labute approximate surface area is 295 Å². The summed E-state index contributed by atoms with van der Waals surface area (Å²) in [5.74, 6) is -1.91. The van der Waals surface area contributed by atoms with Crippen LogP contribution in [0.5, 0.6) is 0 Å². The Balaban J connectivity index is 2.90. The largest absolute Gasteiger partial charge is 0.466 e. The molecule has 47 heavy (non-hydrogen) atoms. The number of hydrogen-bond donors (Lipinski definition) is 0. The van der Waals surface area contributed by atoms with E-state index in [9.17, 15) is 19.2 Å². The normalized spacial score (nSPS) is 12.3. The molecule has 0 aliphatic heterocycles. The number of aromatic nitrogens is 2. The van der Waals surface area contributed by atoms with Crippen LogP contribution in [0.1, 0.15) is 143 Å². The van der Waals surface area contributed by atoms with Gasteiger partial charge in [-0.25, -0.2) is 0 Å². The summed E-state index contributed by atoms with van der Waals surface area (Å²) < 4.78 is 22.7. The smallest absolute Gasteiger partial charge is 0.320 e. The Morgan fingerprint density at radius 3 is 1.15 bits per heavy atom. The maximum Gasteiger partial charge on any atom is 0.320 e. The second kappa shape index (κ2) is 29.1. The fraction of sp³-hybridized carbons (Fsp3) is 0.824. The fourth-order valence-electron chi connectivity index (χ4n) is 4.32. The summed E-state index contributed by atoms with van der Waals surface area (Å²) in [4.78, 5) is 51.3. The molecule has 0 N–H and O–H groups in total. The highest BCUT2D eigenvalue weighted by Crippen LogP contribution is 2.36. The minimum Gasteiger partial charge on any atom is -0.466 e. The molecule has 1 aromatic heterocycles. The van der Waals surface area contributed by atoms with Crippen LogP contribution in [0.4, 0.5) is 0 Å². The quantitative estimate of drug-likeness (QED) is 0.0326. The van der Waals surface area contributed by atoms with Gasteiger partial charge in [0.15, 0.2) is 8.68 Å². The predicted octanol–water partition coefficient (Wildman–Crippen LogP) is 8.73. The first-order valence-corrected chi connectivity index (χ1v) is 20.2. The highest BCUT2D eigenvalue weighted by Gasteiger charge is 2.30. The first-order valence-electron chi connectivity index (χ1n) is 17.7. The topological polar surface area (TPSA) is 131 Å². The second-order valence-corrected chi connectivity index (χ2v) is 15.4. The molecule has 0 fully saturated rings. The van der Waals surface area contributed by atoms with E-state index in [2.05, 4.69) is 37.9 Å². The van der Waals surface area contributed by atoms with Gasteiger partial charge in [0.25, 0.3) is 0 Å². The van der Waals surface area contributed by atoms with Gasteiger partial charge in [-0.05, 0) is 25.7 Å². The molecule has 0 spiro atoms. The summed E-state index contributed by atoms with van der Waals surface area (Å²) in [5.41, 5.74) is 0. The minimum atomic E-state index is -0.846. The van der Waals surface area contributed by atoms with E-state index in [1.807, 2.05) is 0 Å². The zero-order chi connectivity index (χ0) is 34.5. The van der Waals surface area contributed by atoms with Gasteiger partial charge in [-0.1, -0.05) is 140 Å². The van der Waals surface area contributed by atoms with E-state index in [-0.39, 0.29) is 26.1 Å². The van der Waals surface area contributed by atoms with Gasteiger partial charge in [0.05, 0.1) is 39.3 Å². The molecule has 0 saturated carbocycles. The maximum atomic E-state index is 13.0. The molecule has 0 amide bonds. The zero-order valence-corrected chi connectivity index (χ0v) is 31.5. The molecule has 0 radical (unpaired) electrons. The van der Waals surface area contributed by atoms with Gasteiger partial charge in [0.1, 0.15) is 10.5 Å². The van der Waals surface area contributed by atoms with Crippen molar-refractivity contribution >= 4 is 58.7 Å². The van der Waals surface area contributed by atoms with Crippen molar-refractivity contribution in [3.05, 3.63) is 0 Å². The van der Waals surface area contributed by atoms with Crippen molar-refractivity contribution in [1.82, 2.24) is 10.2 Å². The first kappa shape index (κ1) is 43.2. The van der Waals surface area contributed by atoms with Crippen LogP contribution in [-0.2, 0) is 38.1 Å². The number of carbonyl (C=O) groups excluding carboxylic acids is 4. The number of ether oxygens (including phenoxy) is 4. The van der Waals surface area contributed by atoms with Crippen LogP contribution in [0.15, 0.2) is 8.68 Å². The molecule has 0 aliphatic rings. The summed E-state index contributed by atoms with van der Waals surface area (Å²) >= 11 is 3.38. The third-order valence-corrected chi connectivity index (χ3v) is 10.6. The van der Waals surface area contributed by atoms with Gasteiger partial charge in [0.2, 0.25) is 0 Å². The summed E-state index contributed by atoms with van der Waals surface area (Å²) in [6.45, 7) is 9.67. The van der Waals surface area contributed by atoms with Gasteiger partial charge >= 0.3 is 23.9 Å². The molecule has 1 rings (SSSR count). The van der Waals surface area contributed by atoms with Gasteiger partial charge in [-0.3, -0.25) is 19.2 Å². The SMILES string of the molecule is CCCCCCOC(=O)CC(Sc1nnc(SC(CC(=O)OCCCCCC)C(=O)OCCCCCC)s1)C(=O)OCCCCCC. The van der Waals surface area contributed by atoms with Crippen molar-refractivity contribution < 1.29 is 38.1 Å². The van der Waals surface area contributed by atoms with E-state index in [0.29, 0.717) is 21.9 Å². The predicted molar refractivity (Wildman–Crippen MR) is 189 cm³/mol. The van der Waals surface area contributed by atoms with Crippen LogP contribution >= 0.6 is 34.9 Å². The molecular weight excluding hydrogens is 661 g/mol. The van der Waals surface area contributed by atoms with E-state index in [4.69, 9.17) is 18.9 Å². The lowest BCUT2D eigenvalue weighted by Crippen LogP contribution is -2.25. The Bertz CT molecular complexity index is 920. The van der Waals surface area contributed by atoms with Crippen LogP contribution in [-0.4, -0.2) is 71.0 Å². The molecular formula is C34H58N2O8S3. The van der Waals surface area contributed by atoms with E-state index >= 15 is 0 Å². The zero-order valence-electron chi connectivity index (χ0n) is 29.1. The summed E-state index contributed by atoms with van der Waals surface area (Å²) in [7, 11) is 0. The molecule has 2 unspecified atom stereocenters. The van der Waals surface area contributed by atoms with Crippen LogP contribution in [0.25, 0.3) is 0 Å². The number of esters is 4. The molecule has 2 atom stereocenters. The summed E-state index contributed by atoms with van der Waals surface area (Å²) in [6, 6.07) is 0. The van der Waals surface area contributed by atoms with E-state index in [0.717, 1.165) is 126 Å². The fourth-order valence-corrected chi connectivity index (χ4v) is 7.78. The third-order valence-electron chi connectivity index (χ3n) is 7.11. The molecule has 1 heterocycles. The average molecular weight is 719 g/mol. The van der Waals surface area contributed by atoms with Gasteiger partial charge in [0, 0.05) is 0 Å². The maximum absolute atomic E-state index is 13.0. The number of carbonyl (C=O) groups is 4. The van der Waals surface area contributed by atoms with Crippen LogP contribution < -0.4 is 0 Å². The second-order valence-electron chi connectivity index (χ2n) is 11.5. The number of rotatable bonds is 30. The summed E-state index contributed by atoms with van der Waals surface area (Å²) in [5, 5.41) is 6.73. The number of nitrogens with zero attached hydrogens (tertiary/aromatic N) is 2. The Kier molecular flexibility index (Phi) is 26.7. The van der Waals surface area contributed by atoms with Gasteiger partial charge < -0.3 is 18.9 Å². The number of hydrogen-bond acceptors (Lipinski definition) is 13. The molecule has 270 valence electrons. The molecule has 0 bridgehead atoms. The van der Waals surface area contributed by atoms with E-state index in [1.165, 1.54) is 11.3 Å². The van der Waals surface area contributed by atoms with Gasteiger partial charge in [-0.2, -0.15) is 0 Å².